The summed E-state index contributed by atoms with van der Waals surface area (Å²) in [5.74, 6) is -0.321. The topological polar surface area (TPSA) is 115 Å². The van der Waals surface area contributed by atoms with Crippen molar-refractivity contribution in [2.24, 2.45) is 20.0 Å². The van der Waals surface area contributed by atoms with Crippen molar-refractivity contribution in [3.8, 4) is 6.07 Å². The van der Waals surface area contributed by atoms with Crippen LogP contribution < -0.4 is 16.6 Å². The van der Waals surface area contributed by atoms with Gasteiger partial charge in [-0.2, -0.15) is 10.2 Å². The molecule has 1 aliphatic rings. The van der Waals surface area contributed by atoms with Gasteiger partial charge >= 0.3 is 5.69 Å². The van der Waals surface area contributed by atoms with Crippen LogP contribution in [0.4, 0.5) is 0 Å². The number of hydrogen-bond donors (Lipinski definition) is 1. The lowest BCUT2D eigenvalue weighted by molar-refractivity contribution is -0.123. The number of rotatable bonds is 4. The van der Waals surface area contributed by atoms with Crippen molar-refractivity contribution in [3.63, 3.8) is 0 Å². The van der Waals surface area contributed by atoms with Crippen LogP contribution in [0, 0.1) is 17.2 Å². The average molecular weight is 365 g/mol. The van der Waals surface area contributed by atoms with Crippen LogP contribution in [0.2, 0.25) is 5.28 Å². The Bertz CT molecular complexity index is 1040. The van der Waals surface area contributed by atoms with Crippen molar-refractivity contribution < 1.29 is 4.79 Å². The molecule has 0 saturated heterocycles. The highest BCUT2D eigenvalue weighted by molar-refractivity contribution is 6.29. The van der Waals surface area contributed by atoms with E-state index in [1.807, 2.05) is 0 Å². The molecular formula is C15H17ClN6O3. The molecule has 25 heavy (non-hydrogen) atoms. The first-order valence-electron chi connectivity index (χ1n) is 7.73. The van der Waals surface area contributed by atoms with Crippen molar-refractivity contribution in [2.75, 3.05) is 0 Å². The summed E-state index contributed by atoms with van der Waals surface area (Å²) in [5.41, 5.74) is -1.90. The quantitative estimate of drug-likeness (QED) is 0.760. The largest absolute Gasteiger partial charge is 0.336 e. The Labute approximate surface area is 147 Å². The van der Waals surface area contributed by atoms with Crippen LogP contribution in [-0.2, 0) is 25.4 Å². The first-order valence-corrected chi connectivity index (χ1v) is 8.11. The fourth-order valence-corrected chi connectivity index (χ4v) is 3.14. The molecule has 0 radical (unpaired) electrons. The van der Waals surface area contributed by atoms with Crippen molar-refractivity contribution in [2.45, 2.75) is 31.8 Å². The van der Waals surface area contributed by atoms with E-state index < -0.39 is 22.7 Å². The highest BCUT2D eigenvalue weighted by Gasteiger charge is 2.43. The molecular weight excluding hydrogens is 348 g/mol. The van der Waals surface area contributed by atoms with E-state index in [-0.39, 0.29) is 28.9 Å². The summed E-state index contributed by atoms with van der Waals surface area (Å²) in [6.45, 7) is 1.41. The summed E-state index contributed by atoms with van der Waals surface area (Å²) in [7, 11) is 2.81. The number of hydrogen-bond acceptors (Lipinski definition) is 5. The number of carbonyl (C=O) groups excluding carboxylic acids is 1. The molecule has 0 aliphatic heterocycles. The number of carbonyl (C=O) groups is 1. The van der Waals surface area contributed by atoms with Gasteiger partial charge in [-0.15, -0.1) is 0 Å². The van der Waals surface area contributed by atoms with Gasteiger partial charge in [0.05, 0.1) is 6.07 Å². The molecule has 1 N–H and O–H groups in total. The smallest absolute Gasteiger partial charge is 0.332 e. The minimum Gasteiger partial charge on any atom is -0.336 e. The molecule has 1 aliphatic carbocycles. The second-order valence-electron chi connectivity index (χ2n) is 6.48. The number of fused-ring (bicyclic) bond motifs is 1. The van der Waals surface area contributed by atoms with Gasteiger partial charge in [-0.3, -0.25) is 23.3 Å². The summed E-state index contributed by atoms with van der Waals surface area (Å²) >= 11 is 6.08. The lowest BCUT2D eigenvalue weighted by atomic mass is 9.98. The van der Waals surface area contributed by atoms with Gasteiger partial charge in [0.2, 0.25) is 11.2 Å². The highest BCUT2D eigenvalue weighted by Crippen LogP contribution is 2.39. The second kappa shape index (κ2) is 5.74. The van der Waals surface area contributed by atoms with E-state index in [0.717, 1.165) is 17.4 Å². The molecule has 132 valence electrons. The minimum absolute atomic E-state index is 0.0647. The Morgan fingerprint density at radius 2 is 2.04 bits per heavy atom. The summed E-state index contributed by atoms with van der Waals surface area (Å²) in [5, 5.41) is 12.0. The van der Waals surface area contributed by atoms with Crippen LogP contribution >= 0.6 is 11.6 Å². The zero-order valence-corrected chi connectivity index (χ0v) is 14.8. The molecule has 9 nitrogen and oxygen atoms in total. The number of halogens is 1. The Kier molecular flexibility index (Phi) is 3.95. The molecule has 1 unspecified atom stereocenters. The third kappa shape index (κ3) is 2.72. The van der Waals surface area contributed by atoms with Crippen molar-refractivity contribution >= 4 is 28.7 Å². The number of nitrogens with zero attached hydrogens (tertiary/aromatic N) is 5. The number of aromatic nitrogens is 4. The van der Waals surface area contributed by atoms with Crippen LogP contribution in [0.15, 0.2) is 9.59 Å². The Morgan fingerprint density at radius 3 is 2.60 bits per heavy atom. The summed E-state index contributed by atoms with van der Waals surface area (Å²) in [4.78, 5) is 40.8. The SMILES string of the molecule is Cn1c(=O)c2c(nc(Cl)n2CC(=O)NC(C)(C#N)C2CC2)n(C)c1=O. The predicted octanol–water partition coefficient (Wildman–Crippen LogP) is -0.104. The van der Waals surface area contributed by atoms with E-state index in [1.165, 1.54) is 23.2 Å². The van der Waals surface area contributed by atoms with Crippen molar-refractivity contribution in [3.05, 3.63) is 26.1 Å². The van der Waals surface area contributed by atoms with Crippen molar-refractivity contribution in [1.82, 2.24) is 24.0 Å². The van der Waals surface area contributed by atoms with Gasteiger partial charge in [-0.25, -0.2) is 4.79 Å². The molecule has 1 saturated carbocycles. The summed E-state index contributed by atoms with van der Waals surface area (Å²) < 4.78 is 3.37. The number of amides is 1. The number of aryl methyl sites for hydroxylation is 1. The monoisotopic (exact) mass is 364 g/mol. The minimum atomic E-state index is -0.947. The molecule has 10 heteroatoms. The highest BCUT2D eigenvalue weighted by atomic mass is 35.5. The molecule has 0 aromatic carbocycles. The maximum Gasteiger partial charge on any atom is 0.332 e. The van der Waals surface area contributed by atoms with Gasteiger partial charge in [0.1, 0.15) is 12.1 Å². The fourth-order valence-electron chi connectivity index (χ4n) is 2.92. The molecule has 1 fully saturated rings. The predicted molar refractivity (Wildman–Crippen MR) is 90.1 cm³/mol. The molecule has 0 spiro atoms. The third-order valence-corrected chi connectivity index (χ3v) is 4.92. The first kappa shape index (κ1) is 17.2. The molecule has 0 bridgehead atoms. The molecule has 3 rings (SSSR count). The van der Waals surface area contributed by atoms with E-state index in [9.17, 15) is 19.6 Å². The van der Waals surface area contributed by atoms with Gasteiger partial charge in [0.25, 0.3) is 5.56 Å². The molecule has 2 heterocycles. The maximum atomic E-state index is 12.4. The lowest BCUT2D eigenvalue weighted by Crippen LogP contribution is -2.48. The molecule has 2 aromatic rings. The second-order valence-corrected chi connectivity index (χ2v) is 6.82. The zero-order valence-electron chi connectivity index (χ0n) is 14.0. The van der Waals surface area contributed by atoms with E-state index in [0.29, 0.717) is 0 Å². The van der Waals surface area contributed by atoms with Crippen LogP contribution in [0.1, 0.15) is 19.8 Å². The standard InChI is InChI=1S/C15H17ClN6O3/c1-15(7-17,8-4-5-8)19-9(23)6-22-10-11(18-13(22)16)20(2)14(25)21(3)12(10)24/h8H,4-6H2,1-3H3,(H,19,23). The zero-order chi connectivity index (χ0) is 18.5. The number of nitrogens with one attached hydrogen (secondary N) is 1. The summed E-state index contributed by atoms with van der Waals surface area (Å²) in [6.07, 6.45) is 1.78. The van der Waals surface area contributed by atoms with Gasteiger partial charge in [0, 0.05) is 14.1 Å². The number of imidazole rings is 1. The van der Waals surface area contributed by atoms with E-state index in [2.05, 4.69) is 16.4 Å². The van der Waals surface area contributed by atoms with Crippen LogP contribution in [0.25, 0.3) is 11.2 Å². The molecule has 1 amide bonds. The van der Waals surface area contributed by atoms with E-state index in [4.69, 9.17) is 11.6 Å². The van der Waals surface area contributed by atoms with Crippen molar-refractivity contribution in [1.29, 1.82) is 5.26 Å². The average Bonchev–Trinajstić information content (AvgIpc) is 3.37. The Balaban J connectivity index is 2.01. The third-order valence-electron chi connectivity index (χ3n) is 4.63. The van der Waals surface area contributed by atoms with Crippen LogP contribution in [0.5, 0.6) is 0 Å². The molecule has 2 aromatic heterocycles. The number of nitriles is 1. The van der Waals surface area contributed by atoms with E-state index in [1.54, 1.807) is 6.92 Å². The Morgan fingerprint density at radius 1 is 1.40 bits per heavy atom. The fraction of sp³-hybridized carbons (Fsp3) is 0.533. The van der Waals surface area contributed by atoms with E-state index >= 15 is 0 Å². The Hall–Kier alpha value is -2.60. The van der Waals surface area contributed by atoms with Gasteiger partial charge in [-0.1, -0.05) is 0 Å². The van der Waals surface area contributed by atoms with Crippen LogP contribution in [-0.4, -0.2) is 30.1 Å². The molecule has 1 atom stereocenters. The normalized spacial score (nSPS) is 16.4. The van der Waals surface area contributed by atoms with Gasteiger partial charge < -0.3 is 5.32 Å². The first-order chi connectivity index (χ1) is 11.7. The van der Waals surface area contributed by atoms with Gasteiger partial charge in [0.15, 0.2) is 11.2 Å². The lowest BCUT2D eigenvalue weighted by Gasteiger charge is -2.23. The summed E-state index contributed by atoms with van der Waals surface area (Å²) in [6, 6.07) is 2.14. The van der Waals surface area contributed by atoms with Crippen LogP contribution in [0.3, 0.4) is 0 Å². The maximum absolute atomic E-state index is 12.4. The van der Waals surface area contributed by atoms with Gasteiger partial charge in [-0.05, 0) is 37.3 Å².